The van der Waals surface area contributed by atoms with E-state index in [2.05, 4.69) is 35.4 Å². The summed E-state index contributed by atoms with van der Waals surface area (Å²) in [5, 5.41) is 5.91. The number of anilines is 3. The SMILES string of the molecule is CCN(CC)c1ccc(NC(=O)C2CC2C(=O)Nc2cccc(C)c2)c(C)c1. The van der Waals surface area contributed by atoms with Crippen LogP contribution in [0.4, 0.5) is 17.1 Å². The molecule has 0 saturated heterocycles. The molecular weight excluding hydrogens is 350 g/mol. The quantitative estimate of drug-likeness (QED) is 0.751. The molecule has 1 aliphatic rings. The zero-order valence-electron chi connectivity index (χ0n) is 17.1. The number of amides is 2. The Bertz CT molecular complexity index is 874. The second kappa shape index (κ2) is 8.46. The van der Waals surface area contributed by atoms with Gasteiger partial charge in [-0.1, -0.05) is 12.1 Å². The second-order valence-electron chi connectivity index (χ2n) is 7.47. The van der Waals surface area contributed by atoms with Gasteiger partial charge in [0.2, 0.25) is 11.8 Å². The molecule has 0 aliphatic heterocycles. The molecule has 0 aromatic heterocycles. The molecule has 2 aromatic rings. The molecule has 0 heterocycles. The molecule has 2 aromatic carbocycles. The van der Waals surface area contributed by atoms with Gasteiger partial charge in [0.1, 0.15) is 0 Å². The molecule has 0 radical (unpaired) electrons. The maximum Gasteiger partial charge on any atom is 0.228 e. The summed E-state index contributed by atoms with van der Waals surface area (Å²) in [6, 6.07) is 13.8. The molecule has 2 amide bonds. The van der Waals surface area contributed by atoms with E-state index in [1.54, 1.807) is 0 Å². The summed E-state index contributed by atoms with van der Waals surface area (Å²) < 4.78 is 0. The third-order valence-corrected chi connectivity index (χ3v) is 5.35. The number of nitrogens with one attached hydrogen (secondary N) is 2. The number of nitrogens with zero attached hydrogens (tertiary/aromatic N) is 1. The number of hydrogen-bond donors (Lipinski definition) is 2. The Labute approximate surface area is 167 Å². The van der Waals surface area contributed by atoms with Gasteiger partial charge in [-0.3, -0.25) is 9.59 Å². The first kappa shape index (κ1) is 19.9. The predicted molar refractivity (Wildman–Crippen MR) is 115 cm³/mol. The monoisotopic (exact) mass is 379 g/mol. The van der Waals surface area contributed by atoms with Crippen molar-refractivity contribution in [2.75, 3.05) is 28.6 Å². The highest BCUT2D eigenvalue weighted by Crippen LogP contribution is 2.40. The van der Waals surface area contributed by atoms with Crippen LogP contribution in [0.1, 0.15) is 31.4 Å². The van der Waals surface area contributed by atoms with Crippen LogP contribution in [-0.2, 0) is 9.59 Å². The average molecular weight is 380 g/mol. The number of carbonyl (C=O) groups is 2. The third kappa shape index (κ3) is 4.53. The van der Waals surface area contributed by atoms with Gasteiger partial charge in [-0.15, -0.1) is 0 Å². The minimum atomic E-state index is -0.258. The Hall–Kier alpha value is -2.82. The Morgan fingerprint density at radius 2 is 1.64 bits per heavy atom. The highest BCUT2D eigenvalue weighted by atomic mass is 16.2. The Kier molecular flexibility index (Phi) is 6.02. The molecule has 1 aliphatic carbocycles. The molecule has 1 saturated carbocycles. The van der Waals surface area contributed by atoms with Crippen molar-refractivity contribution in [1.82, 2.24) is 0 Å². The van der Waals surface area contributed by atoms with E-state index in [9.17, 15) is 9.59 Å². The van der Waals surface area contributed by atoms with Gasteiger partial charge in [0.25, 0.3) is 0 Å². The van der Waals surface area contributed by atoms with Gasteiger partial charge in [0.15, 0.2) is 0 Å². The summed E-state index contributed by atoms with van der Waals surface area (Å²) >= 11 is 0. The van der Waals surface area contributed by atoms with Gasteiger partial charge in [-0.05, 0) is 75.6 Å². The number of aryl methyl sites for hydroxylation is 2. The third-order valence-electron chi connectivity index (χ3n) is 5.35. The maximum absolute atomic E-state index is 12.6. The van der Waals surface area contributed by atoms with E-state index in [-0.39, 0.29) is 23.7 Å². The minimum Gasteiger partial charge on any atom is -0.372 e. The normalized spacial score (nSPS) is 17.7. The molecule has 148 valence electrons. The lowest BCUT2D eigenvalue weighted by molar-refractivity contribution is -0.122. The summed E-state index contributed by atoms with van der Waals surface area (Å²) in [6.07, 6.45) is 0.597. The van der Waals surface area contributed by atoms with E-state index in [1.807, 2.05) is 50.2 Å². The van der Waals surface area contributed by atoms with Crippen molar-refractivity contribution in [3.63, 3.8) is 0 Å². The number of rotatable bonds is 7. The van der Waals surface area contributed by atoms with Crippen LogP contribution in [0.5, 0.6) is 0 Å². The van der Waals surface area contributed by atoms with Crippen LogP contribution < -0.4 is 15.5 Å². The molecule has 3 rings (SSSR count). The summed E-state index contributed by atoms with van der Waals surface area (Å²) in [6.45, 7) is 10.1. The Morgan fingerprint density at radius 1 is 0.964 bits per heavy atom. The molecule has 5 heteroatoms. The van der Waals surface area contributed by atoms with Crippen molar-refractivity contribution in [2.45, 2.75) is 34.1 Å². The second-order valence-corrected chi connectivity index (χ2v) is 7.47. The first-order valence-corrected chi connectivity index (χ1v) is 9.97. The summed E-state index contributed by atoms with van der Waals surface area (Å²) in [7, 11) is 0. The van der Waals surface area contributed by atoms with Gasteiger partial charge in [-0.25, -0.2) is 0 Å². The molecular formula is C23H29N3O2. The van der Waals surface area contributed by atoms with Crippen LogP contribution in [0.2, 0.25) is 0 Å². The lowest BCUT2D eigenvalue weighted by Crippen LogP contribution is -2.22. The zero-order valence-corrected chi connectivity index (χ0v) is 17.1. The molecule has 0 bridgehead atoms. The lowest BCUT2D eigenvalue weighted by Gasteiger charge is -2.22. The fourth-order valence-electron chi connectivity index (χ4n) is 3.53. The fourth-order valence-corrected chi connectivity index (χ4v) is 3.53. The van der Waals surface area contributed by atoms with Crippen molar-refractivity contribution < 1.29 is 9.59 Å². The maximum atomic E-state index is 12.6. The molecule has 2 N–H and O–H groups in total. The van der Waals surface area contributed by atoms with Crippen molar-refractivity contribution >= 4 is 28.9 Å². The van der Waals surface area contributed by atoms with Crippen molar-refractivity contribution in [1.29, 1.82) is 0 Å². The number of carbonyl (C=O) groups excluding carboxylic acids is 2. The average Bonchev–Trinajstić information content (AvgIpc) is 3.46. The van der Waals surface area contributed by atoms with Crippen LogP contribution >= 0.6 is 0 Å². The Morgan fingerprint density at radius 3 is 2.25 bits per heavy atom. The largest absolute Gasteiger partial charge is 0.372 e. The molecule has 2 atom stereocenters. The standard InChI is InChI=1S/C23H29N3O2/c1-5-26(6-2)18-10-11-21(16(4)13-18)25-23(28)20-14-19(20)22(27)24-17-9-7-8-15(3)12-17/h7-13,19-20H,5-6,14H2,1-4H3,(H,24,27)(H,25,28). The van der Waals surface area contributed by atoms with Crippen LogP contribution in [0.25, 0.3) is 0 Å². The smallest absolute Gasteiger partial charge is 0.228 e. The van der Waals surface area contributed by atoms with Gasteiger partial charge in [0, 0.05) is 30.2 Å². The van der Waals surface area contributed by atoms with E-state index >= 15 is 0 Å². The molecule has 0 spiro atoms. The lowest BCUT2D eigenvalue weighted by atomic mass is 10.1. The van der Waals surface area contributed by atoms with Crippen LogP contribution in [-0.4, -0.2) is 24.9 Å². The topological polar surface area (TPSA) is 61.4 Å². The first-order valence-electron chi connectivity index (χ1n) is 9.97. The van der Waals surface area contributed by atoms with Crippen molar-refractivity contribution in [3.8, 4) is 0 Å². The number of hydrogen-bond acceptors (Lipinski definition) is 3. The fraction of sp³-hybridized carbons (Fsp3) is 0.391. The van der Waals surface area contributed by atoms with E-state index in [4.69, 9.17) is 0 Å². The van der Waals surface area contributed by atoms with Crippen molar-refractivity contribution in [2.24, 2.45) is 11.8 Å². The molecule has 1 fully saturated rings. The van der Waals surface area contributed by atoms with Gasteiger partial charge in [-0.2, -0.15) is 0 Å². The molecule has 5 nitrogen and oxygen atoms in total. The van der Waals surface area contributed by atoms with Crippen LogP contribution in [0, 0.1) is 25.7 Å². The van der Waals surface area contributed by atoms with Crippen LogP contribution in [0.15, 0.2) is 42.5 Å². The molecule has 28 heavy (non-hydrogen) atoms. The highest BCUT2D eigenvalue weighted by molar-refractivity contribution is 6.03. The predicted octanol–water partition coefficient (Wildman–Crippen LogP) is 4.36. The Balaban J connectivity index is 1.58. The van der Waals surface area contributed by atoms with Crippen molar-refractivity contribution in [3.05, 3.63) is 53.6 Å². The van der Waals surface area contributed by atoms with E-state index in [0.29, 0.717) is 6.42 Å². The van der Waals surface area contributed by atoms with Gasteiger partial charge >= 0.3 is 0 Å². The summed E-state index contributed by atoms with van der Waals surface area (Å²) in [4.78, 5) is 27.3. The van der Waals surface area contributed by atoms with Gasteiger partial charge in [0.05, 0.1) is 11.8 Å². The van der Waals surface area contributed by atoms with E-state index in [1.165, 1.54) is 0 Å². The first-order chi connectivity index (χ1) is 13.4. The zero-order chi connectivity index (χ0) is 20.3. The van der Waals surface area contributed by atoms with E-state index in [0.717, 1.165) is 41.3 Å². The van der Waals surface area contributed by atoms with Gasteiger partial charge < -0.3 is 15.5 Å². The van der Waals surface area contributed by atoms with E-state index < -0.39 is 0 Å². The minimum absolute atomic E-state index is 0.0805. The summed E-state index contributed by atoms with van der Waals surface area (Å²) in [5.74, 6) is -0.676. The number of benzene rings is 2. The highest BCUT2D eigenvalue weighted by Gasteiger charge is 2.48. The van der Waals surface area contributed by atoms with Crippen LogP contribution in [0.3, 0.4) is 0 Å². The summed E-state index contributed by atoms with van der Waals surface area (Å²) in [5.41, 5.74) is 4.86. The molecule has 2 unspecified atom stereocenters.